The molecule has 0 aliphatic rings. The van der Waals surface area contributed by atoms with Crippen LogP contribution < -0.4 is 0 Å². The molecule has 0 N–H and O–H groups in total. The fourth-order valence-corrected chi connectivity index (χ4v) is 1.47. The highest BCUT2D eigenvalue weighted by molar-refractivity contribution is 6.60. The summed E-state index contributed by atoms with van der Waals surface area (Å²) in [5, 5.41) is 0.465. The first-order chi connectivity index (χ1) is 8.31. The van der Waals surface area contributed by atoms with E-state index in [1.165, 1.54) is 24.3 Å². The van der Waals surface area contributed by atoms with Crippen LogP contribution in [0.1, 0.15) is 5.56 Å². The van der Waals surface area contributed by atoms with Gasteiger partial charge in [0.25, 0.3) is 0 Å². The number of halogens is 4. The largest absolute Gasteiger partial charge is 0.482 e. The summed E-state index contributed by atoms with van der Waals surface area (Å²) in [6.45, 7) is -5.09. The summed E-state index contributed by atoms with van der Waals surface area (Å²) in [6, 6.07) is 6.10. The van der Waals surface area contributed by atoms with Crippen LogP contribution in [0, 0.1) is 0 Å². The van der Waals surface area contributed by atoms with E-state index >= 15 is 0 Å². The number of methoxy groups -OCH3 is 1. The van der Waals surface area contributed by atoms with Crippen molar-refractivity contribution in [2.45, 2.75) is 6.32 Å². The second-order valence-corrected chi connectivity index (χ2v) is 4.06. The minimum Gasteiger partial charge on any atom is -0.466 e. The SMILES string of the molecule is COC(=O)/C(=C/c1ccc(Cl)cc1)C[B-](F)(F)F. The highest BCUT2D eigenvalue weighted by Gasteiger charge is 2.27. The number of esters is 1. The van der Waals surface area contributed by atoms with Gasteiger partial charge in [-0.3, -0.25) is 0 Å². The second kappa shape index (κ2) is 5.95. The minimum atomic E-state index is -5.09. The van der Waals surface area contributed by atoms with Crippen molar-refractivity contribution in [3.05, 3.63) is 40.4 Å². The van der Waals surface area contributed by atoms with Crippen LogP contribution in [0.3, 0.4) is 0 Å². The van der Waals surface area contributed by atoms with Gasteiger partial charge in [-0.15, -0.1) is 0 Å². The van der Waals surface area contributed by atoms with E-state index in [0.717, 1.165) is 13.2 Å². The summed E-state index contributed by atoms with van der Waals surface area (Å²) in [5.74, 6) is -0.982. The molecule has 0 saturated carbocycles. The quantitative estimate of drug-likeness (QED) is 0.476. The van der Waals surface area contributed by atoms with Crippen molar-refractivity contribution in [2.24, 2.45) is 0 Å². The van der Waals surface area contributed by atoms with Crippen molar-refractivity contribution >= 4 is 30.6 Å². The van der Waals surface area contributed by atoms with Gasteiger partial charge in [-0.1, -0.05) is 30.1 Å². The molecular weight excluding hydrogens is 267 g/mol. The molecular formula is C11H10BClF3O2-. The van der Waals surface area contributed by atoms with Crippen molar-refractivity contribution in [3.8, 4) is 0 Å². The average Bonchev–Trinajstić information content (AvgIpc) is 2.28. The van der Waals surface area contributed by atoms with E-state index in [4.69, 9.17) is 11.6 Å². The van der Waals surface area contributed by atoms with Gasteiger partial charge in [-0.2, -0.15) is 0 Å². The summed E-state index contributed by atoms with van der Waals surface area (Å²) in [5.41, 5.74) is 0.0344. The summed E-state index contributed by atoms with van der Waals surface area (Å²) in [6.07, 6.45) is -0.118. The summed E-state index contributed by atoms with van der Waals surface area (Å²) < 4.78 is 41.4. The lowest BCUT2D eigenvalue weighted by Gasteiger charge is -2.15. The normalized spacial score (nSPS) is 12.4. The zero-order chi connectivity index (χ0) is 13.8. The monoisotopic (exact) mass is 277 g/mol. The van der Waals surface area contributed by atoms with E-state index in [1.807, 2.05) is 0 Å². The van der Waals surface area contributed by atoms with Crippen molar-refractivity contribution < 1.29 is 22.5 Å². The van der Waals surface area contributed by atoms with Crippen molar-refractivity contribution in [1.29, 1.82) is 0 Å². The molecule has 0 saturated heterocycles. The fraction of sp³-hybridized carbons (Fsp3) is 0.182. The fourth-order valence-electron chi connectivity index (χ4n) is 1.34. The maximum atomic E-state index is 12.4. The third-order valence-electron chi connectivity index (χ3n) is 2.11. The highest BCUT2D eigenvalue weighted by Crippen LogP contribution is 2.24. The molecule has 0 radical (unpaired) electrons. The molecule has 0 unspecified atom stereocenters. The number of carbonyl (C=O) groups is 1. The first-order valence-corrected chi connectivity index (χ1v) is 5.45. The average molecular weight is 277 g/mol. The Morgan fingerprint density at radius 3 is 2.33 bits per heavy atom. The minimum absolute atomic E-state index is 0.424. The first-order valence-electron chi connectivity index (χ1n) is 5.07. The third-order valence-corrected chi connectivity index (χ3v) is 2.36. The van der Waals surface area contributed by atoms with E-state index < -0.39 is 24.8 Å². The molecule has 0 bridgehead atoms. The summed E-state index contributed by atoms with van der Waals surface area (Å²) in [4.78, 5) is 11.3. The Morgan fingerprint density at radius 1 is 1.33 bits per heavy atom. The number of hydrogen-bond acceptors (Lipinski definition) is 2. The molecule has 0 fully saturated rings. The van der Waals surface area contributed by atoms with E-state index in [0.29, 0.717) is 10.6 Å². The van der Waals surface area contributed by atoms with Gasteiger partial charge in [0.05, 0.1) is 7.11 Å². The highest BCUT2D eigenvalue weighted by atomic mass is 35.5. The summed E-state index contributed by atoms with van der Waals surface area (Å²) in [7, 11) is 1.04. The molecule has 1 rings (SSSR count). The van der Waals surface area contributed by atoms with Gasteiger partial charge in [0.15, 0.2) is 0 Å². The molecule has 2 nitrogen and oxygen atoms in total. The predicted octanol–water partition coefficient (Wildman–Crippen LogP) is 3.74. The molecule has 98 valence electrons. The Bertz CT molecular complexity index is 454. The van der Waals surface area contributed by atoms with Gasteiger partial charge in [0.1, 0.15) is 0 Å². The summed E-state index contributed by atoms with van der Waals surface area (Å²) >= 11 is 5.66. The molecule has 0 amide bonds. The lowest BCUT2D eigenvalue weighted by molar-refractivity contribution is -0.136. The maximum Gasteiger partial charge on any atom is 0.482 e. The standard InChI is InChI=1S/C11H10BClF3O2/c1-18-11(17)9(7-12(14,15)16)6-8-2-4-10(13)5-3-8/h2-6H,7H2,1H3/q-1/b9-6+. The smallest absolute Gasteiger partial charge is 0.466 e. The molecule has 0 aromatic heterocycles. The van der Waals surface area contributed by atoms with Crippen LogP contribution in [0.2, 0.25) is 11.3 Å². The van der Waals surface area contributed by atoms with E-state index in [9.17, 15) is 17.7 Å². The van der Waals surface area contributed by atoms with Crippen molar-refractivity contribution in [3.63, 3.8) is 0 Å². The van der Waals surface area contributed by atoms with Crippen molar-refractivity contribution in [1.82, 2.24) is 0 Å². The number of rotatable bonds is 4. The van der Waals surface area contributed by atoms with Crippen LogP contribution in [-0.2, 0) is 9.53 Å². The van der Waals surface area contributed by atoms with E-state index in [2.05, 4.69) is 4.74 Å². The van der Waals surface area contributed by atoms with Crippen LogP contribution in [0.15, 0.2) is 29.8 Å². The number of ether oxygens (including phenoxy) is 1. The molecule has 0 aliphatic heterocycles. The maximum absolute atomic E-state index is 12.4. The Morgan fingerprint density at radius 2 is 1.89 bits per heavy atom. The Balaban J connectivity index is 3.02. The predicted molar refractivity (Wildman–Crippen MR) is 65.3 cm³/mol. The molecule has 1 aromatic carbocycles. The van der Waals surface area contributed by atoms with Crippen LogP contribution >= 0.6 is 11.6 Å². The Labute approximate surface area is 107 Å². The van der Waals surface area contributed by atoms with Gasteiger partial charge in [-0.05, 0) is 23.8 Å². The topological polar surface area (TPSA) is 26.3 Å². The molecule has 18 heavy (non-hydrogen) atoms. The molecule has 0 heterocycles. The molecule has 0 aliphatic carbocycles. The molecule has 0 spiro atoms. The molecule has 1 aromatic rings. The van der Waals surface area contributed by atoms with Gasteiger partial charge in [-0.25, -0.2) is 4.79 Å². The van der Waals surface area contributed by atoms with Crippen LogP contribution in [-0.4, -0.2) is 20.1 Å². The number of carbonyl (C=O) groups excluding carboxylic acids is 1. The van der Waals surface area contributed by atoms with Crippen LogP contribution in [0.5, 0.6) is 0 Å². The zero-order valence-corrected chi connectivity index (χ0v) is 10.3. The van der Waals surface area contributed by atoms with Gasteiger partial charge >= 0.3 is 12.9 Å². The van der Waals surface area contributed by atoms with Crippen molar-refractivity contribution in [2.75, 3.05) is 7.11 Å². The van der Waals surface area contributed by atoms with Gasteiger partial charge in [0.2, 0.25) is 0 Å². The third kappa shape index (κ3) is 4.83. The second-order valence-electron chi connectivity index (χ2n) is 3.63. The zero-order valence-electron chi connectivity index (χ0n) is 9.50. The number of benzene rings is 1. The first kappa shape index (κ1) is 14.6. The van der Waals surface area contributed by atoms with E-state index in [-0.39, 0.29) is 0 Å². The lowest BCUT2D eigenvalue weighted by atomic mass is 9.81. The Hall–Kier alpha value is -1.43. The molecule has 7 heteroatoms. The van der Waals surface area contributed by atoms with Crippen LogP contribution in [0.25, 0.3) is 6.08 Å². The lowest BCUT2D eigenvalue weighted by Crippen LogP contribution is -2.19. The Kier molecular flexibility index (Phi) is 4.84. The molecule has 0 atom stereocenters. The van der Waals surface area contributed by atoms with Crippen LogP contribution in [0.4, 0.5) is 12.9 Å². The van der Waals surface area contributed by atoms with Gasteiger partial charge in [0, 0.05) is 10.6 Å². The van der Waals surface area contributed by atoms with E-state index in [1.54, 1.807) is 0 Å². The van der Waals surface area contributed by atoms with Gasteiger partial charge < -0.3 is 17.7 Å². The number of hydrogen-bond donors (Lipinski definition) is 0.